The van der Waals surface area contributed by atoms with Gasteiger partial charge in [-0.2, -0.15) is 0 Å². The molecule has 1 aliphatic rings. The summed E-state index contributed by atoms with van der Waals surface area (Å²) < 4.78 is 16.7. The van der Waals surface area contributed by atoms with Gasteiger partial charge in [0.25, 0.3) is 0 Å². The molecule has 0 aromatic carbocycles. The van der Waals surface area contributed by atoms with E-state index in [1.807, 2.05) is 6.08 Å². The lowest BCUT2D eigenvalue weighted by molar-refractivity contribution is -0.302. The molecule has 7 unspecified atom stereocenters. The second kappa shape index (κ2) is 66.8. The van der Waals surface area contributed by atoms with Crippen molar-refractivity contribution in [2.24, 2.45) is 0 Å². The summed E-state index contributed by atoms with van der Waals surface area (Å²) >= 11 is 0. The number of aliphatic hydroxyl groups excluding tert-OH is 5. The highest BCUT2D eigenvalue weighted by Crippen LogP contribution is 2.23. The summed E-state index contributed by atoms with van der Waals surface area (Å²) in [6.45, 7) is 4.31. The van der Waals surface area contributed by atoms with Crippen molar-refractivity contribution < 1.29 is 49.3 Å². The molecule has 1 heterocycles. The molecule has 0 bridgehead atoms. The maximum Gasteiger partial charge on any atom is 0.305 e. The Balaban J connectivity index is 1.93. The number of hydrogen-bond donors (Lipinski definition) is 6. The van der Waals surface area contributed by atoms with Crippen molar-refractivity contribution in [2.75, 3.05) is 19.8 Å². The minimum Gasteiger partial charge on any atom is -0.466 e. The van der Waals surface area contributed by atoms with Crippen LogP contribution in [-0.4, -0.2) is 100 Å². The largest absolute Gasteiger partial charge is 0.466 e. The van der Waals surface area contributed by atoms with Crippen LogP contribution in [-0.2, 0) is 23.8 Å². The smallest absolute Gasteiger partial charge is 0.305 e. The molecule has 0 aliphatic carbocycles. The fourth-order valence-corrected chi connectivity index (χ4v) is 11.8. The number of carbonyl (C=O) groups excluding carboxylic acids is 2. The zero-order chi connectivity index (χ0) is 64.4. The maximum atomic E-state index is 13.1. The highest BCUT2D eigenvalue weighted by molar-refractivity contribution is 5.76. The number of carbonyl (C=O) groups is 2. The minimum atomic E-state index is -1.58. The second-order valence-electron chi connectivity index (χ2n) is 26.3. The molecular formula is C78H143NO10. The van der Waals surface area contributed by atoms with Gasteiger partial charge in [-0.1, -0.05) is 325 Å². The van der Waals surface area contributed by atoms with Gasteiger partial charge in [0.1, 0.15) is 24.4 Å². The van der Waals surface area contributed by atoms with Gasteiger partial charge in [-0.25, -0.2) is 0 Å². The van der Waals surface area contributed by atoms with Crippen LogP contribution in [0.5, 0.6) is 0 Å². The second-order valence-corrected chi connectivity index (χ2v) is 26.3. The molecule has 89 heavy (non-hydrogen) atoms. The van der Waals surface area contributed by atoms with Gasteiger partial charge in [-0.3, -0.25) is 9.59 Å². The Bertz CT molecular complexity index is 1660. The first-order chi connectivity index (χ1) is 43.7. The Morgan fingerprint density at radius 2 is 0.775 bits per heavy atom. The standard InChI is InChI=1S/C78H143NO10/c1-3-5-7-9-11-13-15-44-48-52-56-60-64-71(81)70(69-88-78-77(86)76(85)75(84)72(68-80)89-78)79-73(82)65-61-57-53-49-45-42-40-38-36-34-32-30-28-26-24-22-20-18-17-19-21-23-25-27-29-31-33-35-37-39-41-43-47-51-55-59-63-67-87-74(83)66-62-58-54-50-46-16-14-12-10-8-6-4-2/h9,11,17,19,23,25,44,48,60,64,70-72,75-78,80-81,84-86H,3-8,10,12-16,18,20-22,24,26-43,45-47,49-59,61-63,65-69H2,1-2H3,(H,79,82)/b11-9+,19-17-,25-23-,48-44+,64-60+. The van der Waals surface area contributed by atoms with Gasteiger partial charge in [-0.05, 0) is 83.5 Å². The molecule has 0 aromatic rings. The lowest BCUT2D eigenvalue weighted by Gasteiger charge is -2.40. The maximum absolute atomic E-state index is 13.1. The molecule has 11 heteroatoms. The van der Waals surface area contributed by atoms with Crippen LogP contribution in [0.1, 0.15) is 361 Å². The lowest BCUT2D eigenvalue weighted by atomic mass is 9.99. The van der Waals surface area contributed by atoms with Crippen LogP contribution in [0, 0.1) is 0 Å². The van der Waals surface area contributed by atoms with E-state index < -0.39 is 49.5 Å². The summed E-state index contributed by atoms with van der Waals surface area (Å²) in [6.07, 6.45) is 79.6. The predicted molar refractivity (Wildman–Crippen MR) is 375 cm³/mol. The molecule has 1 rings (SSSR count). The molecule has 520 valence electrons. The average Bonchev–Trinajstić information content (AvgIpc) is 2.35. The van der Waals surface area contributed by atoms with E-state index in [2.05, 4.69) is 67.8 Å². The van der Waals surface area contributed by atoms with E-state index in [-0.39, 0.29) is 18.5 Å². The first kappa shape index (κ1) is 84.4. The fourth-order valence-electron chi connectivity index (χ4n) is 11.8. The Morgan fingerprint density at radius 1 is 0.416 bits per heavy atom. The van der Waals surface area contributed by atoms with E-state index >= 15 is 0 Å². The van der Waals surface area contributed by atoms with E-state index in [4.69, 9.17) is 14.2 Å². The summed E-state index contributed by atoms with van der Waals surface area (Å²) in [6, 6.07) is -0.833. The van der Waals surface area contributed by atoms with Crippen LogP contribution >= 0.6 is 0 Å². The number of nitrogens with one attached hydrogen (secondary N) is 1. The van der Waals surface area contributed by atoms with Crippen LogP contribution in [0.2, 0.25) is 0 Å². The Morgan fingerprint density at radius 3 is 1.21 bits per heavy atom. The molecule has 6 N–H and O–H groups in total. The van der Waals surface area contributed by atoms with Crippen molar-refractivity contribution in [2.45, 2.75) is 403 Å². The van der Waals surface area contributed by atoms with Gasteiger partial charge in [0, 0.05) is 12.8 Å². The molecule has 1 fully saturated rings. The number of esters is 1. The van der Waals surface area contributed by atoms with Crippen LogP contribution in [0.3, 0.4) is 0 Å². The van der Waals surface area contributed by atoms with E-state index in [0.717, 1.165) is 70.6 Å². The summed E-state index contributed by atoms with van der Waals surface area (Å²) in [5, 5.41) is 54.4. The normalized spacial score (nSPS) is 18.0. The average molecular weight is 1250 g/mol. The summed E-state index contributed by atoms with van der Waals surface area (Å²) in [5.41, 5.74) is 0. The third kappa shape index (κ3) is 55.5. The number of unbranched alkanes of at least 4 members (excludes halogenated alkanes) is 45. The predicted octanol–water partition coefficient (Wildman–Crippen LogP) is 20.1. The van der Waals surface area contributed by atoms with Gasteiger partial charge >= 0.3 is 5.97 Å². The van der Waals surface area contributed by atoms with Crippen molar-refractivity contribution in [1.82, 2.24) is 5.32 Å². The third-order valence-electron chi connectivity index (χ3n) is 17.8. The molecule has 1 saturated heterocycles. The van der Waals surface area contributed by atoms with E-state index in [1.165, 1.54) is 263 Å². The lowest BCUT2D eigenvalue weighted by Crippen LogP contribution is -2.60. The van der Waals surface area contributed by atoms with Gasteiger partial charge in [-0.15, -0.1) is 0 Å². The van der Waals surface area contributed by atoms with Gasteiger partial charge in [0.15, 0.2) is 6.29 Å². The molecule has 0 aromatic heterocycles. The molecule has 0 saturated carbocycles. The van der Waals surface area contributed by atoms with Crippen molar-refractivity contribution in [3.05, 3.63) is 60.8 Å². The molecule has 1 aliphatic heterocycles. The first-order valence-corrected chi connectivity index (χ1v) is 38.1. The number of aliphatic hydroxyl groups is 5. The number of allylic oxidation sites excluding steroid dienone is 9. The van der Waals surface area contributed by atoms with Crippen molar-refractivity contribution in [3.63, 3.8) is 0 Å². The van der Waals surface area contributed by atoms with E-state index in [1.54, 1.807) is 6.08 Å². The van der Waals surface area contributed by atoms with Crippen molar-refractivity contribution in [3.8, 4) is 0 Å². The van der Waals surface area contributed by atoms with Gasteiger partial charge in [0.2, 0.25) is 5.91 Å². The monoisotopic (exact) mass is 1250 g/mol. The number of rotatable bonds is 67. The van der Waals surface area contributed by atoms with Crippen LogP contribution in [0.4, 0.5) is 0 Å². The Labute approximate surface area is 548 Å². The highest BCUT2D eigenvalue weighted by atomic mass is 16.7. The van der Waals surface area contributed by atoms with Crippen LogP contribution in [0.25, 0.3) is 0 Å². The summed E-state index contributed by atoms with van der Waals surface area (Å²) in [7, 11) is 0. The van der Waals surface area contributed by atoms with E-state index in [0.29, 0.717) is 19.4 Å². The van der Waals surface area contributed by atoms with Crippen LogP contribution < -0.4 is 5.32 Å². The number of hydrogen-bond acceptors (Lipinski definition) is 10. The minimum absolute atomic E-state index is 0.0130. The molecule has 0 radical (unpaired) electrons. The third-order valence-corrected chi connectivity index (χ3v) is 17.8. The molecule has 0 spiro atoms. The first-order valence-electron chi connectivity index (χ1n) is 38.1. The highest BCUT2D eigenvalue weighted by Gasteiger charge is 2.44. The Hall–Kier alpha value is -2.64. The molecule has 11 nitrogen and oxygen atoms in total. The molecule has 7 atom stereocenters. The quantitative estimate of drug-likeness (QED) is 0.0195. The number of ether oxygens (including phenoxy) is 3. The van der Waals surface area contributed by atoms with Crippen molar-refractivity contribution >= 4 is 11.9 Å². The number of amides is 1. The zero-order valence-corrected chi connectivity index (χ0v) is 57.9. The topological polar surface area (TPSA) is 175 Å². The molecular weight excluding hydrogens is 1110 g/mol. The Kier molecular flexibility index (Phi) is 63.3. The molecule has 1 amide bonds. The SMILES string of the molecule is CCCC/C=C/CC/C=C/CC/C=C/C(O)C(COC1OC(CO)C(O)C(O)C1O)NC(=O)CCCCCCCCCCCCCCCCCCC/C=C\C/C=C\CCCCCCCCCCCCCCCOC(=O)CCCCCCCCCCCCCC. The summed E-state index contributed by atoms with van der Waals surface area (Å²) in [4.78, 5) is 25.1. The fraction of sp³-hybridized carbons (Fsp3) is 0.846. The van der Waals surface area contributed by atoms with Crippen molar-refractivity contribution in [1.29, 1.82) is 0 Å². The van der Waals surface area contributed by atoms with Gasteiger partial charge in [0.05, 0.1) is 32.0 Å². The van der Waals surface area contributed by atoms with Gasteiger partial charge < -0.3 is 45.1 Å². The van der Waals surface area contributed by atoms with E-state index in [9.17, 15) is 35.1 Å². The van der Waals surface area contributed by atoms with Crippen LogP contribution in [0.15, 0.2) is 60.8 Å². The summed E-state index contributed by atoms with van der Waals surface area (Å²) in [5.74, 6) is -0.181. The zero-order valence-electron chi connectivity index (χ0n) is 57.9.